The second-order valence-electron chi connectivity index (χ2n) is 2.13. The van der Waals surface area contributed by atoms with Gasteiger partial charge in [-0.15, -0.1) is 0 Å². The quantitative estimate of drug-likeness (QED) is 0.332. The molecule has 0 spiro atoms. The maximum Gasteiger partial charge on any atom is 1.00 e. The summed E-state index contributed by atoms with van der Waals surface area (Å²) in [6.45, 7) is 1.03. The molecular formula is C6H10NORb. The van der Waals surface area contributed by atoms with E-state index < -0.39 is 0 Å². The molecule has 1 heterocycles. The SMILES string of the molecule is CN1CC[CH-]C1C=O.[Rb+]. The number of hydrogen-bond donors (Lipinski definition) is 0. The molecule has 1 rings (SSSR count). The van der Waals surface area contributed by atoms with Crippen molar-refractivity contribution in [3.05, 3.63) is 6.42 Å². The van der Waals surface area contributed by atoms with E-state index >= 15 is 0 Å². The molecule has 1 aliphatic heterocycles. The Morgan fingerprint density at radius 2 is 2.44 bits per heavy atom. The van der Waals surface area contributed by atoms with Gasteiger partial charge in [0.15, 0.2) is 0 Å². The molecule has 0 N–H and O–H groups in total. The van der Waals surface area contributed by atoms with Crippen molar-refractivity contribution in [3.63, 3.8) is 0 Å². The summed E-state index contributed by atoms with van der Waals surface area (Å²) in [6, 6.07) is 0.0926. The van der Waals surface area contributed by atoms with E-state index in [-0.39, 0.29) is 64.2 Å². The van der Waals surface area contributed by atoms with E-state index in [9.17, 15) is 4.79 Å². The molecule has 0 aromatic rings. The molecule has 1 fully saturated rings. The van der Waals surface area contributed by atoms with Crippen LogP contribution in [0.3, 0.4) is 0 Å². The van der Waals surface area contributed by atoms with Crippen LogP contribution in [-0.2, 0) is 4.79 Å². The summed E-state index contributed by atoms with van der Waals surface area (Å²) in [5.41, 5.74) is 0. The number of hydrogen-bond acceptors (Lipinski definition) is 2. The van der Waals surface area contributed by atoms with E-state index in [0.717, 1.165) is 19.3 Å². The van der Waals surface area contributed by atoms with Gasteiger partial charge in [-0.2, -0.15) is 6.42 Å². The first-order valence-electron chi connectivity index (χ1n) is 2.83. The normalized spacial score (nSPS) is 27.4. The number of likely N-dealkylation sites (tertiary alicyclic amines) is 1. The first-order valence-corrected chi connectivity index (χ1v) is 2.83. The molecule has 1 aliphatic rings. The van der Waals surface area contributed by atoms with E-state index in [0.29, 0.717) is 0 Å². The predicted octanol–water partition coefficient (Wildman–Crippen LogP) is -2.90. The van der Waals surface area contributed by atoms with Crippen LogP contribution in [0.15, 0.2) is 0 Å². The molecule has 0 radical (unpaired) electrons. The Hall–Kier alpha value is 1.44. The topological polar surface area (TPSA) is 20.3 Å². The van der Waals surface area contributed by atoms with E-state index in [4.69, 9.17) is 0 Å². The second kappa shape index (κ2) is 5.13. The van der Waals surface area contributed by atoms with Crippen molar-refractivity contribution in [2.75, 3.05) is 13.6 Å². The minimum atomic E-state index is 0. The van der Waals surface area contributed by atoms with Crippen LogP contribution in [0, 0.1) is 6.42 Å². The largest absolute Gasteiger partial charge is 1.00 e. The minimum Gasteiger partial charge on any atom is -0.329 e. The Morgan fingerprint density at radius 3 is 2.67 bits per heavy atom. The molecule has 3 heteroatoms. The average molecular weight is 198 g/mol. The molecule has 0 bridgehead atoms. The van der Waals surface area contributed by atoms with Crippen LogP contribution in [0.4, 0.5) is 0 Å². The summed E-state index contributed by atoms with van der Waals surface area (Å²) in [5, 5.41) is 0. The molecular weight excluding hydrogens is 188 g/mol. The molecule has 0 aliphatic carbocycles. The Morgan fingerprint density at radius 1 is 1.78 bits per heavy atom. The first kappa shape index (κ1) is 10.4. The van der Waals surface area contributed by atoms with Crippen LogP contribution in [0.5, 0.6) is 0 Å². The summed E-state index contributed by atoms with van der Waals surface area (Å²) in [5.74, 6) is 0. The molecule has 1 saturated heterocycles. The van der Waals surface area contributed by atoms with Gasteiger partial charge in [-0.25, -0.2) is 0 Å². The van der Waals surface area contributed by atoms with Crippen molar-refractivity contribution < 1.29 is 63.0 Å². The zero-order valence-electron chi connectivity index (χ0n) is 6.00. The number of carbonyl (C=O) groups is 1. The molecule has 9 heavy (non-hydrogen) atoms. The number of rotatable bonds is 1. The molecule has 0 amide bonds. The van der Waals surface area contributed by atoms with E-state index in [1.807, 2.05) is 18.4 Å². The van der Waals surface area contributed by atoms with Crippen molar-refractivity contribution in [1.29, 1.82) is 0 Å². The smallest absolute Gasteiger partial charge is 0.329 e. The fourth-order valence-corrected chi connectivity index (χ4v) is 0.937. The summed E-state index contributed by atoms with van der Waals surface area (Å²) in [6.07, 6.45) is 4.07. The monoisotopic (exact) mass is 197 g/mol. The molecule has 2 nitrogen and oxygen atoms in total. The Labute approximate surface area is 105 Å². The third-order valence-corrected chi connectivity index (χ3v) is 1.54. The van der Waals surface area contributed by atoms with Crippen LogP contribution in [0.25, 0.3) is 0 Å². The molecule has 46 valence electrons. The van der Waals surface area contributed by atoms with E-state index in [1.165, 1.54) is 0 Å². The van der Waals surface area contributed by atoms with Crippen molar-refractivity contribution in [3.8, 4) is 0 Å². The van der Waals surface area contributed by atoms with Gasteiger partial charge >= 0.3 is 58.2 Å². The minimum absolute atomic E-state index is 0. The molecule has 0 aromatic carbocycles. The maximum atomic E-state index is 10.1. The van der Waals surface area contributed by atoms with Gasteiger partial charge < -0.3 is 16.1 Å². The number of nitrogens with zero attached hydrogens (tertiary/aromatic N) is 1. The average Bonchev–Trinajstić information content (AvgIpc) is 2.14. The third-order valence-electron chi connectivity index (χ3n) is 1.54. The van der Waals surface area contributed by atoms with Crippen molar-refractivity contribution in [2.45, 2.75) is 12.5 Å². The van der Waals surface area contributed by atoms with Gasteiger partial charge in [-0.1, -0.05) is 6.04 Å². The zero-order chi connectivity index (χ0) is 5.98. The Kier molecular flexibility index (Phi) is 5.95. The van der Waals surface area contributed by atoms with Gasteiger partial charge in [0.2, 0.25) is 0 Å². The van der Waals surface area contributed by atoms with Crippen LogP contribution in [0.1, 0.15) is 6.42 Å². The number of carbonyl (C=O) groups excluding carboxylic acids is 1. The van der Waals surface area contributed by atoms with Gasteiger partial charge in [0.05, 0.1) is 0 Å². The van der Waals surface area contributed by atoms with Crippen LogP contribution in [0.2, 0.25) is 0 Å². The number of aldehydes is 1. The van der Waals surface area contributed by atoms with Crippen molar-refractivity contribution in [2.24, 2.45) is 0 Å². The Balaban J connectivity index is 0.000000640. The molecule has 0 aromatic heterocycles. The van der Waals surface area contributed by atoms with Gasteiger partial charge in [-0.05, 0) is 13.6 Å². The number of likely N-dealkylation sites (N-methyl/N-ethyl adjacent to an activating group) is 1. The van der Waals surface area contributed by atoms with Gasteiger partial charge in [0.25, 0.3) is 0 Å². The van der Waals surface area contributed by atoms with Crippen LogP contribution < -0.4 is 58.2 Å². The fraction of sp³-hybridized carbons (Fsp3) is 0.667. The summed E-state index contributed by atoms with van der Waals surface area (Å²) in [7, 11) is 1.96. The van der Waals surface area contributed by atoms with Crippen LogP contribution in [-0.4, -0.2) is 30.8 Å². The summed E-state index contributed by atoms with van der Waals surface area (Å²) >= 11 is 0. The van der Waals surface area contributed by atoms with Crippen molar-refractivity contribution in [1.82, 2.24) is 4.90 Å². The van der Waals surface area contributed by atoms with E-state index in [2.05, 4.69) is 0 Å². The molecule has 1 atom stereocenters. The predicted molar refractivity (Wildman–Crippen MR) is 31.4 cm³/mol. The standard InChI is InChI=1S/C6H10NO.Rb/c1-7-4-2-3-6(7)5-8;/h3,5-6H,2,4H2,1H3;/q-1;+1. The zero-order valence-corrected chi connectivity index (χ0v) is 10.9. The first-order chi connectivity index (χ1) is 3.84. The van der Waals surface area contributed by atoms with Gasteiger partial charge in [0, 0.05) is 0 Å². The third kappa shape index (κ3) is 2.89. The Bertz CT molecular complexity index is 97.1. The van der Waals surface area contributed by atoms with Crippen molar-refractivity contribution >= 4 is 6.29 Å². The van der Waals surface area contributed by atoms with Crippen LogP contribution >= 0.6 is 0 Å². The maximum absolute atomic E-state index is 10.1. The molecule has 1 unspecified atom stereocenters. The summed E-state index contributed by atoms with van der Waals surface area (Å²) < 4.78 is 0. The fourth-order valence-electron chi connectivity index (χ4n) is 0.937. The van der Waals surface area contributed by atoms with Gasteiger partial charge in [-0.3, -0.25) is 0 Å². The summed E-state index contributed by atoms with van der Waals surface area (Å²) in [4.78, 5) is 12.2. The second-order valence-corrected chi connectivity index (χ2v) is 2.13. The van der Waals surface area contributed by atoms with Gasteiger partial charge in [0.1, 0.15) is 6.29 Å². The molecule has 0 saturated carbocycles. The van der Waals surface area contributed by atoms with E-state index in [1.54, 1.807) is 0 Å².